The van der Waals surface area contributed by atoms with Crippen molar-refractivity contribution >= 4 is 18.0 Å². The van der Waals surface area contributed by atoms with E-state index in [1.165, 1.54) is 32.0 Å². The molecule has 0 radical (unpaired) electrons. The molecule has 0 aliphatic carbocycles. The highest BCUT2D eigenvalue weighted by Gasteiger charge is 2.44. The second-order valence-corrected chi connectivity index (χ2v) is 6.27. The number of benzene rings is 1. The van der Waals surface area contributed by atoms with Crippen molar-refractivity contribution in [3.8, 4) is 0 Å². The van der Waals surface area contributed by atoms with Gasteiger partial charge in [-0.1, -0.05) is 18.2 Å². The number of ether oxygens (including phenoxy) is 4. The van der Waals surface area contributed by atoms with E-state index in [9.17, 15) is 22.8 Å². The molecule has 1 aromatic carbocycles. The van der Waals surface area contributed by atoms with Crippen molar-refractivity contribution in [3.05, 3.63) is 46.8 Å². The van der Waals surface area contributed by atoms with Crippen molar-refractivity contribution in [2.45, 2.75) is 45.9 Å². The summed E-state index contributed by atoms with van der Waals surface area (Å²) < 4.78 is 61.1. The zero-order valence-corrected chi connectivity index (χ0v) is 16.9. The van der Waals surface area contributed by atoms with Crippen LogP contribution in [0.2, 0.25) is 0 Å². The summed E-state index contributed by atoms with van der Waals surface area (Å²) in [6.45, 7) is 6.08. The van der Waals surface area contributed by atoms with E-state index >= 15 is 0 Å². The Bertz CT molecular complexity index is 862. The van der Waals surface area contributed by atoms with Crippen molar-refractivity contribution in [2.75, 3.05) is 13.2 Å². The van der Waals surface area contributed by atoms with Gasteiger partial charge in [0.25, 0.3) is 0 Å². The third-order valence-electron chi connectivity index (χ3n) is 4.24. The van der Waals surface area contributed by atoms with Crippen molar-refractivity contribution in [2.24, 2.45) is 4.99 Å². The first kappa shape index (κ1) is 23.2. The molecule has 0 fully saturated rings. The molecule has 7 nitrogen and oxygen atoms in total. The molecule has 2 rings (SSSR count). The zero-order valence-electron chi connectivity index (χ0n) is 16.9. The molecule has 1 aromatic rings. The van der Waals surface area contributed by atoms with Gasteiger partial charge in [0, 0.05) is 0 Å². The van der Waals surface area contributed by atoms with Gasteiger partial charge in [-0.3, -0.25) is 4.99 Å². The molecular formula is C20H22F3NO6. The number of rotatable bonds is 5. The molecule has 2 unspecified atom stereocenters. The molecule has 0 saturated heterocycles. The fourth-order valence-corrected chi connectivity index (χ4v) is 3.10. The lowest BCUT2D eigenvalue weighted by atomic mass is 9.83. The highest BCUT2D eigenvalue weighted by atomic mass is 19.4. The van der Waals surface area contributed by atoms with Crippen LogP contribution < -0.4 is 0 Å². The van der Waals surface area contributed by atoms with Gasteiger partial charge in [0.2, 0.25) is 0 Å². The van der Waals surface area contributed by atoms with E-state index in [0.29, 0.717) is 0 Å². The maximum Gasteiger partial charge on any atom is 0.513 e. The van der Waals surface area contributed by atoms with Crippen LogP contribution in [0.3, 0.4) is 0 Å². The molecule has 0 spiro atoms. The van der Waals surface area contributed by atoms with Gasteiger partial charge in [-0.05, 0) is 39.3 Å². The van der Waals surface area contributed by atoms with Gasteiger partial charge in [-0.2, -0.15) is 13.2 Å². The van der Waals surface area contributed by atoms with Crippen molar-refractivity contribution < 1.29 is 41.7 Å². The summed E-state index contributed by atoms with van der Waals surface area (Å²) in [6, 6.07) is 4.77. The number of halogens is 3. The fraction of sp³-hybridized carbons (Fsp3) is 0.450. The van der Waals surface area contributed by atoms with E-state index in [4.69, 9.17) is 18.9 Å². The molecule has 10 heteroatoms. The van der Waals surface area contributed by atoms with Crippen LogP contribution in [0.5, 0.6) is 0 Å². The molecule has 1 aliphatic heterocycles. The van der Waals surface area contributed by atoms with E-state index in [1.54, 1.807) is 13.8 Å². The van der Waals surface area contributed by atoms with E-state index in [-0.39, 0.29) is 35.9 Å². The predicted molar refractivity (Wildman–Crippen MR) is 100.0 cm³/mol. The zero-order chi connectivity index (χ0) is 22.5. The summed E-state index contributed by atoms with van der Waals surface area (Å²) in [7, 11) is 0. The van der Waals surface area contributed by atoms with Gasteiger partial charge in [0.05, 0.1) is 36.1 Å². The van der Waals surface area contributed by atoms with Crippen LogP contribution in [0, 0.1) is 0 Å². The Balaban J connectivity index is 2.63. The summed E-state index contributed by atoms with van der Waals surface area (Å²) in [5.74, 6) is -1.50. The number of hydrogen-bond donors (Lipinski definition) is 0. The van der Waals surface area contributed by atoms with Gasteiger partial charge < -0.3 is 18.9 Å². The normalized spacial score (nSPS) is 19.1. The maximum atomic E-state index is 13.7. The molecule has 164 valence electrons. The quantitative estimate of drug-likeness (QED) is 0.598. The minimum Gasteiger partial charge on any atom is -0.435 e. The third kappa shape index (κ3) is 5.31. The van der Waals surface area contributed by atoms with E-state index in [0.717, 1.165) is 6.07 Å². The van der Waals surface area contributed by atoms with Crippen LogP contribution >= 0.6 is 0 Å². The summed E-state index contributed by atoms with van der Waals surface area (Å²) in [4.78, 5) is 28.1. The van der Waals surface area contributed by atoms with Crippen LogP contribution in [-0.4, -0.2) is 37.3 Å². The van der Waals surface area contributed by atoms with Crippen molar-refractivity contribution in [1.82, 2.24) is 0 Å². The van der Waals surface area contributed by atoms with Gasteiger partial charge in [0.1, 0.15) is 5.76 Å². The minimum atomic E-state index is -4.70. The molecule has 0 saturated carbocycles. The summed E-state index contributed by atoms with van der Waals surface area (Å²) in [6.07, 6.45) is -8.18. The topological polar surface area (TPSA) is 83.4 Å². The van der Waals surface area contributed by atoms with Crippen molar-refractivity contribution in [1.29, 1.82) is 0 Å². The van der Waals surface area contributed by atoms with Crippen LogP contribution in [0.25, 0.3) is 0 Å². The molecular weight excluding hydrogens is 407 g/mol. The monoisotopic (exact) mass is 429 g/mol. The van der Waals surface area contributed by atoms with Gasteiger partial charge >= 0.3 is 18.5 Å². The molecule has 30 heavy (non-hydrogen) atoms. The van der Waals surface area contributed by atoms with Crippen LogP contribution in [-0.2, 0) is 25.1 Å². The highest BCUT2D eigenvalue weighted by molar-refractivity contribution is 5.91. The first-order valence-corrected chi connectivity index (χ1v) is 9.20. The number of carbonyl (C=O) groups excluding carboxylic acids is 2. The van der Waals surface area contributed by atoms with Crippen LogP contribution in [0.4, 0.5) is 22.8 Å². The van der Waals surface area contributed by atoms with Crippen LogP contribution in [0.1, 0.15) is 44.7 Å². The first-order chi connectivity index (χ1) is 14.1. The number of carbonyl (C=O) groups is 2. The lowest BCUT2D eigenvalue weighted by Gasteiger charge is -2.33. The first-order valence-electron chi connectivity index (χ1n) is 9.20. The lowest BCUT2D eigenvalue weighted by Crippen LogP contribution is -2.38. The predicted octanol–water partition coefficient (Wildman–Crippen LogP) is 5.21. The molecule has 0 amide bonds. The van der Waals surface area contributed by atoms with E-state index < -0.39 is 36.1 Å². The molecule has 0 bridgehead atoms. The third-order valence-corrected chi connectivity index (χ3v) is 4.24. The SMILES string of the molecule is CCOC(=O)OC1=C(C)N=C(C)C(OC(=O)OCC)C1c1ccccc1C(F)(F)F. The standard InChI is InChI=1S/C20H22F3NO6/c1-5-27-18(25)29-16-11(3)24-12(4)17(30-19(26)28-6-2)15(16)13-9-7-8-10-14(13)20(21,22)23/h7-10,15-16H,5-6H2,1-4H3. The van der Waals surface area contributed by atoms with E-state index in [2.05, 4.69) is 4.99 Å². The highest BCUT2D eigenvalue weighted by Crippen LogP contribution is 2.43. The van der Waals surface area contributed by atoms with Crippen molar-refractivity contribution in [3.63, 3.8) is 0 Å². The summed E-state index contributed by atoms with van der Waals surface area (Å²) in [5, 5.41) is 0. The molecule has 1 heterocycles. The number of hydrogen-bond acceptors (Lipinski definition) is 7. The number of alkyl halides is 3. The largest absolute Gasteiger partial charge is 0.513 e. The second kappa shape index (κ2) is 9.64. The second-order valence-electron chi connectivity index (χ2n) is 6.27. The number of nitrogens with zero attached hydrogens (tertiary/aromatic N) is 1. The molecule has 0 N–H and O–H groups in total. The Morgan fingerprint density at radius 3 is 2.23 bits per heavy atom. The van der Waals surface area contributed by atoms with Gasteiger partial charge in [-0.15, -0.1) is 0 Å². The Hall–Kier alpha value is -3.04. The maximum absolute atomic E-state index is 13.7. The molecule has 0 aromatic heterocycles. The number of allylic oxidation sites excluding steroid dienone is 1. The lowest BCUT2D eigenvalue weighted by molar-refractivity contribution is -0.138. The Morgan fingerprint density at radius 1 is 1.03 bits per heavy atom. The smallest absolute Gasteiger partial charge is 0.435 e. The Labute approximate surface area is 171 Å². The Kier molecular flexibility index (Phi) is 7.47. The van der Waals surface area contributed by atoms with E-state index in [1.807, 2.05) is 0 Å². The fourth-order valence-electron chi connectivity index (χ4n) is 3.10. The van der Waals surface area contributed by atoms with Crippen LogP contribution in [0.15, 0.2) is 40.7 Å². The van der Waals surface area contributed by atoms with Gasteiger partial charge in [0.15, 0.2) is 6.10 Å². The molecule has 2 atom stereocenters. The Morgan fingerprint density at radius 2 is 1.63 bits per heavy atom. The minimum absolute atomic E-state index is 0.0000157. The summed E-state index contributed by atoms with van der Waals surface area (Å²) in [5.41, 5.74) is -0.822. The summed E-state index contributed by atoms with van der Waals surface area (Å²) >= 11 is 0. The number of aliphatic imine (C=N–C) groups is 1. The molecule has 1 aliphatic rings. The van der Waals surface area contributed by atoms with Gasteiger partial charge in [-0.25, -0.2) is 9.59 Å². The average molecular weight is 429 g/mol. The average Bonchev–Trinajstić information content (AvgIpc) is 2.65.